The van der Waals surface area contributed by atoms with Crippen molar-refractivity contribution in [3.05, 3.63) is 0 Å². The molecule has 7 heavy (non-hydrogen) atoms. The average Bonchev–Trinajstić information content (AvgIpc) is 2.52. The summed E-state index contributed by atoms with van der Waals surface area (Å²) >= 11 is 0. The summed E-state index contributed by atoms with van der Waals surface area (Å²) in [6.45, 7) is 0.444. The Labute approximate surface area is 43.3 Å². The highest BCUT2D eigenvalue weighted by Crippen LogP contribution is 2.70. The van der Waals surface area contributed by atoms with Crippen LogP contribution in [-0.4, -0.2) is 11.7 Å². The van der Waals surface area contributed by atoms with Gasteiger partial charge in [0.25, 0.3) is 0 Å². The van der Waals surface area contributed by atoms with E-state index < -0.39 is 0 Å². The maximum atomic E-state index is 8.58. The van der Waals surface area contributed by atoms with Crippen LogP contribution in [0.4, 0.5) is 0 Å². The molecule has 2 aliphatic rings. The van der Waals surface area contributed by atoms with Crippen LogP contribution in [0.15, 0.2) is 0 Å². The molecule has 0 radical (unpaired) electrons. The summed E-state index contributed by atoms with van der Waals surface area (Å²) < 4.78 is 0. The van der Waals surface area contributed by atoms with Crippen LogP contribution < -0.4 is 0 Å². The van der Waals surface area contributed by atoms with Crippen LogP contribution >= 0.6 is 0 Å². The summed E-state index contributed by atoms with van der Waals surface area (Å²) in [7, 11) is 0. The molecule has 0 aliphatic heterocycles. The molecule has 1 N–H and O–H groups in total. The minimum Gasteiger partial charge on any atom is -0.396 e. The Bertz CT molecular complexity index is 94.4. The van der Waals surface area contributed by atoms with Gasteiger partial charge in [-0.1, -0.05) is 0 Å². The third-order valence-electron chi connectivity index (χ3n) is 2.47. The molecular weight excluding hydrogens is 88.1 g/mol. The quantitative estimate of drug-likeness (QED) is 0.513. The van der Waals surface area contributed by atoms with Gasteiger partial charge in [-0.15, -0.1) is 0 Å². The van der Waals surface area contributed by atoms with Crippen molar-refractivity contribution in [1.29, 1.82) is 0 Å². The second kappa shape index (κ2) is 0.873. The van der Waals surface area contributed by atoms with E-state index in [1.807, 2.05) is 0 Å². The average molecular weight is 98.1 g/mol. The Hall–Kier alpha value is -0.0400. The van der Waals surface area contributed by atoms with Gasteiger partial charge in [-0.2, -0.15) is 0 Å². The molecule has 2 saturated carbocycles. The summed E-state index contributed by atoms with van der Waals surface area (Å²) in [6.07, 6.45) is 4.12. The van der Waals surface area contributed by atoms with Gasteiger partial charge in [-0.05, 0) is 30.6 Å². The van der Waals surface area contributed by atoms with E-state index in [-0.39, 0.29) is 0 Å². The third-order valence-corrected chi connectivity index (χ3v) is 2.47. The zero-order valence-electron chi connectivity index (χ0n) is 4.35. The van der Waals surface area contributed by atoms with Crippen LogP contribution in [0.3, 0.4) is 0 Å². The van der Waals surface area contributed by atoms with Gasteiger partial charge in [0.2, 0.25) is 0 Å². The highest BCUT2D eigenvalue weighted by molar-refractivity contribution is 5.11. The fourth-order valence-corrected chi connectivity index (χ4v) is 1.46. The van der Waals surface area contributed by atoms with Crippen LogP contribution in [-0.2, 0) is 0 Å². The minimum atomic E-state index is 0.444. The molecule has 40 valence electrons. The smallest absolute Gasteiger partial charge is 0.0464 e. The molecule has 0 amide bonds. The van der Waals surface area contributed by atoms with Gasteiger partial charge in [0, 0.05) is 6.61 Å². The third kappa shape index (κ3) is 0.367. The first-order valence-corrected chi connectivity index (χ1v) is 2.98. The largest absolute Gasteiger partial charge is 0.396 e. The Kier molecular flexibility index (Phi) is 0.487. The second-order valence-corrected chi connectivity index (χ2v) is 2.95. The van der Waals surface area contributed by atoms with Gasteiger partial charge in [-0.3, -0.25) is 0 Å². The summed E-state index contributed by atoms with van der Waals surface area (Å²) in [4.78, 5) is 0. The molecule has 1 spiro atoms. The topological polar surface area (TPSA) is 20.2 Å². The van der Waals surface area contributed by atoms with E-state index in [0.29, 0.717) is 12.5 Å². The molecule has 1 nitrogen and oxygen atoms in total. The molecular formula is C6H10O. The highest BCUT2D eigenvalue weighted by atomic mass is 16.3. The fourth-order valence-electron chi connectivity index (χ4n) is 1.46. The van der Waals surface area contributed by atoms with Crippen molar-refractivity contribution in [2.24, 2.45) is 11.3 Å². The van der Waals surface area contributed by atoms with Crippen LogP contribution in [0.2, 0.25) is 0 Å². The molecule has 2 rings (SSSR count). The monoisotopic (exact) mass is 98.1 g/mol. The van der Waals surface area contributed by atoms with Crippen LogP contribution in [0.1, 0.15) is 19.3 Å². The predicted octanol–water partition coefficient (Wildman–Crippen LogP) is 0.779. The Morgan fingerprint density at radius 3 is 2.43 bits per heavy atom. The molecule has 0 aromatic rings. The number of aliphatic hydroxyl groups excluding tert-OH is 1. The van der Waals surface area contributed by atoms with E-state index in [1.165, 1.54) is 19.3 Å². The Morgan fingerprint density at radius 1 is 1.57 bits per heavy atom. The first-order valence-electron chi connectivity index (χ1n) is 2.98. The van der Waals surface area contributed by atoms with Crippen molar-refractivity contribution in [3.63, 3.8) is 0 Å². The van der Waals surface area contributed by atoms with Gasteiger partial charge < -0.3 is 5.11 Å². The van der Waals surface area contributed by atoms with E-state index in [1.54, 1.807) is 0 Å². The summed E-state index contributed by atoms with van der Waals surface area (Å²) in [5, 5.41) is 8.58. The molecule has 1 heteroatoms. The second-order valence-electron chi connectivity index (χ2n) is 2.95. The van der Waals surface area contributed by atoms with Gasteiger partial charge in [0.05, 0.1) is 0 Å². The Balaban J connectivity index is 1.97. The van der Waals surface area contributed by atoms with Crippen molar-refractivity contribution in [3.8, 4) is 0 Å². The number of hydrogen-bond donors (Lipinski definition) is 1. The van der Waals surface area contributed by atoms with E-state index >= 15 is 0 Å². The number of rotatable bonds is 1. The molecule has 2 fully saturated rings. The molecule has 0 aromatic heterocycles. The van der Waals surface area contributed by atoms with Crippen molar-refractivity contribution in [2.75, 3.05) is 6.61 Å². The molecule has 0 heterocycles. The maximum absolute atomic E-state index is 8.58. The molecule has 0 unspecified atom stereocenters. The number of hydrogen-bond acceptors (Lipinski definition) is 1. The molecule has 0 aromatic carbocycles. The fraction of sp³-hybridized carbons (Fsp3) is 1.00. The van der Waals surface area contributed by atoms with Crippen LogP contribution in [0.5, 0.6) is 0 Å². The van der Waals surface area contributed by atoms with Gasteiger partial charge in [-0.25, -0.2) is 0 Å². The van der Waals surface area contributed by atoms with Crippen LogP contribution in [0, 0.1) is 11.3 Å². The van der Waals surface area contributed by atoms with E-state index in [9.17, 15) is 0 Å². The predicted molar refractivity (Wildman–Crippen MR) is 26.9 cm³/mol. The van der Waals surface area contributed by atoms with Gasteiger partial charge >= 0.3 is 0 Å². The maximum Gasteiger partial charge on any atom is 0.0464 e. The van der Waals surface area contributed by atoms with Gasteiger partial charge in [0.15, 0.2) is 0 Å². The molecule has 2 aliphatic carbocycles. The van der Waals surface area contributed by atoms with E-state index in [2.05, 4.69) is 0 Å². The molecule has 1 atom stereocenters. The zero-order valence-corrected chi connectivity index (χ0v) is 4.35. The summed E-state index contributed by atoms with van der Waals surface area (Å²) in [5.74, 6) is 0.715. The van der Waals surface area contributed by atoms with Crippen molar-refractivity contribution in [2.45, 2.75) is 19.3 Å². The first kappa shape index (κ1) is 3.90. The minimum absolute atomic E-state index is 0.444. The zero-order chi connectivity index (χ0) is 4.91. The van der Waals surface area contributed by atoms with Crippen molar-refractivity contribution < 1.29 is 5.11 Å². The molecule has 0 bridgehead atoms. The normalized spacial score (nSPS) is 41.6. The van der Waals surface area contributed by atoms with Gasteiger partial charge in [0.1, 0.15) is 0 Å². The first-order chi connectivity index (χ1) is 3.37. The summed E-state index contributed by atoms with van der Waals surface area (Å²) in [5.41, 5.74) is 0.717. The lowest BCUT2D eigenvalue weighted by Crippen LogP contribution is -1.85. The van der Waals surface area contributed by atoms with Crippen molar-refractivity contribution in [1.82, 2.24) is 0 Å². The number of aliphatic hydroxyl groups is 1. The van der Waals surface area contributed by atoms with E-state index in [0.717, 1.165) is 5.41 Å². The lowest BCUT2D eigenvalue weighted by molar-refractivity contribution is 0.267. The standard InChI is InChI=1S/C6H10O/c7-4-5-3-6(5)1-2-6/h5,7H,1-4H2/t5-/m1/s1. The summed E-state index contributed by atoms with van der Waals surface area (Å²) in [6, 6.07) is 0. The lowest BCUT2D eigenvalue weighted by atomic mass is 10.3. The molecule has 0 saturated heterocycles. The lowest BCUT2D eigenvalue weighted by Gasteiger charge is -1.81. The SMILES string of the molecule is OC[C@H]1CC12CC2. The Morgan fingerprint density at radius 2 is 2.29 bits per heavy atom. The van der Waals surface area contributed by atoms with Crippen LogP contribution in [0.25, 0.3) is 0 Å². The highest BCUT2D eigenvalue weighted by Gasteiger charge is 2.61. The van der Waals surface area contributed by atoms with E-state index in [4.69, 9.17) is 5.11 Å². The van der Waals surface area contributed by atoms with Crippen molar-refractivity contribution >= 4 is 0 Å².